The topological polar surface area (TPSA) is 83.9 Å². The van der Waals surface area contributed by atoms with Crippen LogP contribution in [0.15, 0.2) is 53.4 Å². The van der Waals surface area contributed by atoms with Crippen LogP contribution in [0.3, 0.4) is 0 Å². The van der Waals surface area contributed by atoms with Crippen molar-refractivity contribution >= 4 is 21.9 Å². The average molecular weight is 401 g/mol. The number of aromatic hydroxyl groups is 1. The molecule has 2 aromatic rings. The minimum atomic E-state index is -3.48. The fourth-order valence-electron chi connectivity index (χ4n) is 3.04. The summed E-state index contributed by atoms with van der Waals surface area (Å²) in [5.41, 5.74) is 1.11. The van der Waals surface area contributed by atoms with Gasteiger partial charge >= 0.3 is 0 Å². The Morgan fingerprint density at radius 1 is 1.14 bits per heavy atom. The van der Waals surface area contributed by atoms with Gasteiger partial charge in [-0.2, -0.15) is 4.31 Å². The van der Waals surface area contributed by atoms with Crippen molar-refractivity contribution in [2.45, 2.75) is 24.7 Å². The first kappa shape index (κ1) is 20.1. The highest BCUT2D eigenvalue weighted by Crippen LogP contribution is 2.27. The molecule has 0 atom stereocenters. The van der Waals surface area contributed by atoms with E-state index in [1.165, 1.54) is 40.7 Å². The molecule has 0 spiro atoms. The number of carbonyl (C=O) groups is 1. The monoisotopic (exact) mass is 401 g/mol. The summed E-state index contributed by atoms with van der Waals surface area (Å²) in [6, 6.07) is 10.8. The van der Waals surface area contributed by atoms with Crippen LogP contribution < -0.4 is 4.74 Å². The van der Waals surface area contributed by atoms with Gasteiger partial charge in [0.1, 0.15) is 0 Å². The van der Waals surface area contributed by atoms with Gasteiger partial charge in [-0.15, -0.1) is 0 Å². The van der Waals surface area contributed by atoms with Crippen LogP contribution in [0.1, 0.15) is 35.7 Å². The van der Waals surface area contributed by atoms with Gasteiger partial charge in [-0.05, 0) is 67.8 Å². The second kappa shape index (κ2) is 8.58. The van der Waals surface area contributed by atoms with Gasteiger partial charge in [-0.3, -0.25) is 4.79 Å². The lowest BCUT2D eigenvalue weighted by molar-refractivity contribution is 0.104. The molecule has 0 amide bonds. The third kappa shape index (κ3) is 4.43. The summed E-state index contributed by atoms with van der Waals surface area (Å²) >= 11 is 0. The number of ketones is 1. The van der Waals surface area contributed by atoms with E-state index in [4.69, 9.17) is 4.74 Å². The minimum Gasteiger partial charge on any atom is -0.504 e. The molecule has 0 radical (unpaired) electrons. The Labute approximate surface area is 165 Å². The molecule has 1 fully saturated rings. The molecule has 0 saturated carbocycles. The zero-order valence-electron chi connectivity index (χ0n) is 15.7. The maximum atomic E-state index is 12.5. The van der Waals surface area contributed by atoms with E-state index in [1.807, 2.05) is 6.92 Å². The number of benzene rings is 2. The number of nitrogens with zero attached hydrogens (tertiary/aromatic N) is 1. The normalized spacial score (nSPS) is 15.2. The number of phenolic OH excluding ortho intramolecular Hbond substituents is 1. The third-order valence-electron chi connectivity index (χ3n) is 4.55. The Hall–Kier alpha value is -2.64. The Kier molecular flexibility index (Phi) is 6.16. The van der Waals surface area contributed by atoms with E-state index in [0.29, 0.717) is 36.6 Å². The molecule has 0 bridgehead atoms. The predicted octanol–water partition coefficient (Wildman–Crippen LogP) is 3.47. The first-order valence-corrected chi connectivity index (χ1v) is 10.6. The third-order valence-corrected chi connectivity index (χ3v) is 6.47. The molecule has 2 aromatic carbocycles. The van der Waals surface area contributed by atoms with E-state index in [1.54, 1.807) is 18.2 Å². The van der Waals surface area contributed by atoms with Crippen LogP contribution in [0.4, 0.5) is 0 Å². The summed E-state index contributed by atoms with van der Waals surface area (Å²) in [5.74, 6) is 0.157. The number of allylic oxidation sites excluding steroid dienone is 1. The van der Waals surface area contributed by atoms with Gasteiger partial charge in [0, 0.05) is 18.7 Å². The number of rotatable bonds is 7. The summed E-state index contributed by atoms with van der Waals surface area (Å²) in [4.78, 5) is 12.6. The van der Waals surface area contributed by atoms with Crippen molar-refractivity contribution in [3.8, 4) is 11.5 Å². The lowest BCUT2D eigenvalue weighted by Gasteiger charge is -2.15. The van der Waals surface area contributed by atoms with Crippen molar-refractivity contribution in [3.63, 3.8) is 0 Å². The van der Waals surface area contributed by atoms with Gasteiger partial charge in [-0.25, -0.2) is 8.42 Å². The van der Waals surface area contributed by atoms with Crippen LogP contribution in [0.5, 0.6) is 11.5 Å². The highest BCUT2D eigenvalue weighted by atomic mass is 32.2. The summed E-state index contributed by atoms with van der Waals surface area (Å²) in [5, 5.41) is 9.72. The van der Waals surface area contributed by atoms with E-state index in [2.05, 4.69) is 0 Å². The summed E-state index contributed by atoms with van der Waals surface area (Å²) in [6.07, 6.45) is 4.79. The molecule has 1 aliphatic rings. The summed E-state index contributed by atoms with van der Waals surface area (Å²) in [6.45, 7) is 3.33. The number of phenols is 1. The molecule has 3 rings (SSSR count). The first-order chi connectivity index (χ1) is 13.4. The summed E-state index contributed by atoms with van der Waals surface area (Å²) < 4.78 is 31.9. The predicted molar refractivity (Wildman–Crippen MR) is 107 cm³/mol. The Morgan fingerprint density at radius 2 is 1.82 bits per heavy atom. The molecule has 1 aliphatic heterocycles. The molecule has 7 heteroatoms. The second-order valence-corrected chi connectivity index (χ2v) is 8.43. The SMILES string of the molecule is CCOc1cc(/C=C/C(=O)c2ccc(S(=O)(=O)N3CCCC3)cc2)ccc1O. The lowest BCUT2D eigenvalue weighted by atomic mass is 10.1. The highest BCUT2D eigenvalue weighted by molar-refractivity contribution is 7.89. The van der Waals surface area contributed by atoms with E-state index >= 15 is 0 Å². The number of ether oxygens (including phenoxy) is 1. The average Bonchev–Trinajstić information content (AvgIpc) is 3.24. The number of sulfonamides is 1. The van der Waals surface area contributed by atoms with Crippen molar-refractivity contribution in [1.29, 1.82) is 0 Å². The van der Waals surface area contributed by atoms with Gasteiger partial charge in [0.05, 0.1) is 11.5 Å². The molecule has 1 N–H and O–H groups in total. The number of carbonyl (C=O) groups excluding carboxylic acids is 1. The smallest absolute Gasteiger partial charge is 0.243 e. The van der Waals surface area contributed by atoms with Crippen LogP contribution in [-0.4, -0.2) is 43.3 Å². The van der Waals surface area contributed by atoms with E-state index in [9.17, 15) is 18.3 Å². The fraction of sp³-hybridized carbons (Fsp3) is 0.286. The van der Waals surface area contributed by atoms with Crippen molar-refractivity contribution in [2.24, 2.45) is 0 Å². The molecule has 0 unspecified atom stereocenters. The second-order valence-electron chi connectivity index (χ2n) is 6.49. The Bertz CT molecular complexity index is 974. The Morgan fingerprint density at radius 3 is 2.46 bits per heavy atom. The molecule has 148 valence electrons. The summed E-state index contributed by atoms with van der Waals surface area (Å²) in [7, 11) is -3.48. The standard InChI is InChI=1S/C21H23NO5S/c1-2-27-21-15-16(6-12-20(21)24)5-11-19(23)17-7-9-18(10-8-17)28(25,26)22-13-3-4-14-22/h5-12,15,24H,2-4,13-14H2,1H3/b11-5+. The molecular formula is C21H23NO5S. The minimum absolute atomic E-state index is 0.0418. The largest absolute Gasteiger partial charge is 0.504 e. The molecule has 1 heterocycles. The molecule has 0 aliphatic carbocycles. The molecule has 6 nitrogen and oxygen atoms in total. The number of hydrogen-bond donors (Lipinski definition) is 1. The van der Waals surface area contributed by atoms with Gasteiger partial charge in [0.2, 0.25) is 10.0 Å². The van der Waals surface area contributed by atoms with Crippen LogP contribution in [0.2, 0.25) is 0 Å². The fourth-order valence-corrected chi connectivity index (χ4v) is 4.56. The highest BCUT2D eigenvalue weighted by Gasteiger charge is 2.27. The van der Waals surface area contributed by atoms with Crippen LogP contribution in [0, 0.1) is 0 Å². The van der Waals surface area contributed by atoms with Crippen molar-refractivity contribution in [3.05, 3.63) is 59.7 Å². The molecule has 0 aromatic heterocycles. The Balaban J connectivity index is 1.73. The molecular weight excluding hydrogens is 378 g/mol. The maximum absolute atomic E-state index is 12.5. The lowest BCUT2D eigenvalue weighted by Crippen LogP contribution is -2.27. The van der Waals surface area contributed by atoms with Gasteiger partial charge in [0.25, 0.3) is 0 Å². The zero-order valence-corrected chi connectivity index (χ0v) is 16.5. The van der Waals surface area contributed by atoms with Gasteiger partial charge in [0.15, 0.2) is 17.3 Å². The van der Waals surface area contributed by atoms with Crippen LogP contribution in [-0.2, 0) is 10.0 Å². The van der Waals surface area contributed by atoms with Gasteiger partial charge in [-0.1, -0.05) is 12.1 Å². The molecule has 1 saturated heterocycles. The van der Waals surface area contributed by atoms with Crippen molar-refractivity contribution in [2.75, 3.05) is 19.7 Å². The first-order valence-electron chi connectivity index (χ1n) is 9.20. The van der Waals surface area contributed by atoms with E-state index in [0.717, 1.165) is 12.8 Å². The van der Waals surface area contributed by atoms with Crippen LogP contribution >= 0.6 is 0 Å². The van der Waals surface area contributed by atoms with E-state index < -0.39 is 10.0 Å². The van der Waals surface area contributed by atoms with Gasteiger partial charge < -0.3 is 9.84 Å². The maximum Gasteiger partial charge on any atom is 0.243 e. The quantitative estimate of drug-likeness (QED) is 0.567. The van der Waals surface area contributed by atoms with Crippen molar-refractivity contribution in [1.82, 2.24) is 4.31 Å². The number of hydrogen-bond acceptors (Lipinski definition) is 5. The van der Waals surface area contributed by atoms with Crippen LogP contribution in [0.25, 0.3) is 6.08 Å². The van der Waals surface area contributed by atoms with Crippen molar-refractivity contribution < 1.29 is 23.1 Å². The zero-order chi connectivity index (χ0) is 20.1. The molecule has 28 heavy (non-hydrogen) atoms. The van der Waals surface area contributed by atoms with E-state index in [-0.39, 0.29) is 16.4 Å².